The maximum absolute atomic E-state index is 13.0. The van der Waals surface area contributed by atoms with E-state index in [0.717, 1.165) is 19.3 Å². The number of primary amides is 1. The normalized spacial score (nSPS) is 12.0. The van der Waals surface area contributed by atoms with Crippen molar-refractivity contribution in [2.45, 2.75) is 167 Å². The Hall–Kier alpha value is -3.58. The average molecular weight is 695 g/mol. The fourth-order valence-electron chi connectivity index (χ4n) is 5.51. The lowest BCUT2D eigenvalue weighted by atomic mass is 10.0. The van der Waals surface area contributed by atoms with Crippen molar-refractivity contribution < 1.29 is 19.2 Å². The second-order valence-corrected chi connectivity index (χ2v) is 13.0. The first-order valence-corrected chi connectivity index (χ1v) is 18.8. The molecule has 14 nitrogen and oxygen atoms in total. The number of guanidine groups is 2. The minimum absolute atomic E-state index is 0.000229. The quantitative estimate of drug-likeness (QED) is 0.0287. The van der Waals surface area contributed by atoms with Crippen molar-refractivity contribution in [1.82, 2.24) is 16.0 Å². The number of aliphatic imine (C=N–C) groups is 2. The molecule has 0 aromatic carbocycles. The van der Waals surface area contributed by atoms with Crippen LogP contribution in [0.2, 0.25) is 0 Å². The van der Waals surface area contributed by atoms with Crippen LogP contribution in [0.1, 0.15) is 155 Å². The molecule has 0 radical (unpaired) electrons. The summed E-state index contributed by atoms with van der Waals surface area (Å²) in [5, 5.41) is 8.08. The van der Waals surface area contributed by atoms with Crippen LogP contribution in [0.4, 0.5) is 0 Å². The zero-order valence-electron chi connectivity index (χ0n) is 30.5. The SMILES string of the molecule is CCCCCCCCCCCCCCCCCCCC(=O)NCCC(=O)N[C@@H](CCCN=C(N)N)C(=O)N[C@@H](CCCN=C(N)N)C(N)=O. The van der Waals surface area contributed by atoms with Crippen LogP contribution in [0.25, 0.3) is 0 Å². The lowest BCUT2D eigenvalue weighted by Gasteiger charge is -2.22. The van der Waals surface area contributed by atoms with Gasteiger partial charge in [0.2, 0.25) is 23.6 Å². The van der Waals surface area contributed by atoms with Gasteiger partial charge in [-0.25, -0.2) is 0 Å². The molecule has 0 aliphatic heterocycles. The number of unbranched alkanes of at least 4 members (excludes halogenated alkanes) is 16. The summed E-state index contributed by atoms with van der Waals surface area (Å²) in [5.74, 6) is -1.94. The van der Waals surface area contributed by atoms with E-state index in [4.69, 9.17) is 28.7 Å². The molecule has 0 aliphatic carbocycles. The molecule has 0 aliphatic rings. The number of carbonyl (C=O) groups is 4. The minimum atomic E-state index is -0.965. The molecule has 0 bridgehead atoms. The fraction of sp³-hybridized carbons (Fsp3) is 0.829. The molecule has 14 heteroatoms. The van der Waals surface area contributed by atoms with Gasteiger partial charge in [0.1, 0.15) is 12.1 Å². The van der Waals surface area contributed by atoms with E-state index in [1.807, 2.05) is 0 Å². The largest absolute Gasteiger partial charge is 0.370 e. The number of carbonyl (C=O) groups excluding carboxylic acids is 4. The molecule has 0 heterocycles. The Kier molecular flexibility index (Phi) is 29.4. The van der Waals surface area contributed by atoms with Crippen LogP contribution < -0.4 is 44.6 Å². The molecule has 0 saturated carbocycles. The van der Waals surface area contributed by atoms with Gasteiger partial charge < -0.3 is 44.6 Å². The van der Waals surface area contributed by atoms with Gasteiger partial charge >= 0.3 is 0 Å². The van der Waals surface area contributed by atoms with Gasteiger partial charge in [-0.1, -0.05) is 110 Å². The topological polar surface area (TPSA) is 259 Å². The van der Waals surface area contributed by atoms with E-state index < -0.39 is 29.8 Å². The van der Waals surface area contributed by atoms with Gasteiger partial charge in [-0.2, -0.15) is 0 Å². The third-order valence-corrected chi connectivity index (χ3v) is 8.38. The second-order valence-electron chi connectivity index (χ2n) is 13.0. The van der Waals surface area contributed by atoms with Gasteiger partial charge in [0.25, 0.3) is 0 Å². The molecule has 284 valence electrons. The van der Waals surface area contributed by atoms with E-state index in [0.29, 0.717) is 19.3 Å². The molecular weight excluding hydrogens is 624 g/mol. The molecule has 0 aromatic heterocycles. The van der Waals surface area contributed by atoms with E-state index in [9.17, 15) is 19.2 Å². The molecule has 4 amide bonds. The van der Waals surface area contributed by atoms with Gasteiger partial charge in [0.05, 0.1) is 0 Å². The number of hydrogen-bond donors (Lipinski definition) is 8. The van der Waals surface area contributed by atoms with Crippen molar-refractivity contribution in [3.63, 3.8) is 0 Å². The fourth-order valence-corrected chi connectivity index (χ4v) is 5.51. The first-order valence-electron chi connectivity index (χ1n) is 18.8. The molecule has 0 rings (SSSR count). The van der Waals surface area contributed by atoms with E-state index in [1.54, 1.807) is 0 Å². The van der Waals surface area contributed by atoms with Crippen molar-refractivity contribution in [2.24, 2.45) is 38.7 Å². The first kappa shape index (κ1) is 45.4. The number of hydrogen-bond acceptors (Lipinski definition) is 6. The summed E-state index contributed by atoms with van der Waals surface area (Å²) in [6, 6.07) is -1.92. The summed E-state index contributed by atoms with van der Waals surface area (Å²) in [4.78, 5) is 57.6. The summed E-state index contributed by atoms with van der Waals surface area (Å²) in [6.07, 6.45) is 23.5. The van der Waals surface area contributed by atoms with E-state index in [2.05, 4.69) is 32.9 Å². The Morgan fingerprint density at radius 3 is 1.37 bits per heavy atom. The zero-order valence-corrected chi connectivity index (χ0v) is 30.5. The number of nitrogens with zero attached hydrogens (tertiary/aromatic N) is 2. The summed E-state index contributed by atoms with van der Waals surface area (Å²) in [6.45, 7) is 2.94. The van der Waals surface area contributed by atoms with E-state index in [-0.39, 0.29) is 56.7 Å². The number of nitrogens with one attached hydrogen (secondary N) is 3. The predicted octanol–water partition coefficient (Wildman–Crippen LogP) is 3.10. The third kappa shape index (κ3) is 30.2. The molecule has 2 atom stereocenters. The molecule has 0 fully saturated rings. The van der Waals surface area contributed by atoms with Crippen molar-refractivity contribution >= 4 is 35.5 Å². The number of amides is 4. The van der Waals surface area contributed by atoms with Crippen LogP contribution in [-0.2, 0) is 19.2 Å². The third-order valence-electron chi connectivity index (χ3n) is 8.38. The zero-order chi connectivity index (χ0) is 36.5. The number of nitrogens with two attached hydrogens (primary N) is 5. The van der Waals surface area contributed by atoms with Crippen LogP contribution >= 0.6 is 0 Å². The van der Waals surface area contributed by atoms with E-state index >= 15 is 0 Å². The first-order chi connectivity index (χ1) is 23.6. The van der Waals surface area contributed by atoms with Gasteiger partial charge in [-0.15, -0.1) is 0 Å². The van der Waals surface area contributed by atoms with Crippen molar-refractivity contribution in [2.75, 3.05) is 19.6 Å². The van der Waals surface area contributed by atoms with Gasteiger partial charge in [0.15, 0.2) is 11.9 Å². The Morgan fingerprint density at radius 2 is 0.939 bits per heavy atom. The summed E-state index contributed by atoms with van der Waals surface area (Å²) >= 11 is 0. The van der Waals surface area contributed by atoms with Crippen molar-refractivity contribution in [3.05, 3.63) is 0 Å². The van der Waals surface area contributed by atoms with E-state index in [1.165, 1.54) is 89.9 Å². The Labute approximate surface area is 295 Å². The van der Waals surface area contributed by atoms with Gasteiger partial charge in [-0.3, -0.25) is 29.2 Å². The lowest BCUT2D eigenvalue weighted by molar-refractivity contribution is -0.131. The number of rotatable bonds is 33. The Balaban J connectivity index is 4.24. The molecule has 0 spiro atoms. The maximum Gasteiger partial charge on any atom is 0.243 e. The highest BCUT2D eigenvalue weighted by atomic mass is 16.2. The summed E-state index contributed by atoms with van der Waals surface area (Å²) in [7, 11) is 0. The van der Waals surface area contributed by atoms with Crippen LogP contribution in [0.3, 0.4) is 0 Å². The smallest absolute Gasteiger partial charge is 0.243 e. The molecule has 49 heavy (non-hydrogen) atoms. The van der Waals surface area contributed by atoms with Crippen molar-refractivity contribution in [3.8, 4) is 0 Å². The Morgan fingerprint density at radius 1 is 0.510 bits per heavy atom. The lowest BCUT2D eigenvalue weighted by Crippen LogP contribution is -2.53. The van der Waals surface area contributed by atoms with Crippen LogP contribution in [0.15, 0.2) is 9.98 Å². The second kappa shape index (κ2) is 31.7. The minimum Gasteiger partial charge on any atom is -0.370 e. The highest BCUT2D eigenvalue weighted by Gasteiger charge is 2.25. The molecule has 0 unspecified atom stereocenters. The highest BCUT2D eigenvalue weighted by Crippen LogP contribution is 2.14. The highest BCUT2D eigenvalue weighted by molar-refractivity contribution is 5.91. The molecular formula is C35H70N10O4. The molecule has 13 N–H and O–H groups in total. The summed E-state index contributed by atoms with van der Waals surface area (Å²) < 4.78 is 0. The standard InChI is InChI=1S/C35H70N10O4/c1-2-3-4-5-6-7-8-9-10-11-12-13-14-15-16-17-18-23-30(46)41-27-24-31(47)44-29(22-20-26-43-35(39)40)33(49)45-28(32(36)48)21-19-25-42-34(37)38/h28-29H,2-27H2,1H3,(H2,36,48)(H,41,46)(H,44,47)(H,45,49)(H4,37,38,42)(H4,39,40,43)/t28-,29-/m0/s1. The average Bonchev–Trinajstić information content (AvgIpc) is 3.04. The van der Waals surface area contributed by atoms with Gasteiger partial charge in [0, 0.05) is 32.5 Å². The maximum atomic E-state index is 13.0. The molecule has 0 aromatic rings. The monoisotopic (exact) mass is 695 g/mol. The van der Waals surface area contributed by atoms with Crippen LogP contribution in [0.5, 0.6) is 0 Å². The van der Waals surface area contributed by atoms with Crippen LogP contribution in [-0.4, -0.2) is 67.3 Å². The Bertz CT molecular complexity index is 953. The van der Waals surface area contributed by atoms with Crippen molar-refractivity contribution in [1.29, 1.82) is 0 Å². The summed E-state index contributed by atoms with van der Waals surface area (Å²) in [5.41, 5.74) is 26.8. The van der Waals surface area contributed by atoms with Crippen LogP contribution in [0, 0.1) is 0 Å². The molecule has 0 saturated heterocycles. The predicted molar refractivity (Wildman–Crippen MR) is 199 cm³/mol. The van der Waals surface area contributed by atoms with Gasteiger partial charge in [-0.05, 0) is 32.1 Å².